The Labute approximate surface area is 105 Å². The summed E-state index contributed by atoms with van der Waals surface area (Å²) in [5.74, 6) is 0. The molecule has 1 rings (SSSR count). The van der Waals surface area contributed by atoms with E-state index in [0.717, 1.165) is 9.50 Å². The molecule has 84 valence electrons. The predicted molar refractivity (Wildman–Crippen MR) is 70.4 cm³/mol. The summed E-state index contributed by atoms with van der Waals surface area (Å²) >= 11 is 9.49. The van der Waals surface area contributed by atoms with E-state index in [1.807, 2.05) is 19.2 Å². The number of halogens is 2. The molecule has 0 radical (unpaired) electrons. The monoisotopic (exact) mass is 289 g/mol. The molecule has 3 heteroatoms. The average Bonchev–Trinajstić information content (AvgIpc) is 2.07. The maximum Gasteiger partial charge on any atom is 0.0417 e. The maximum atomic E-state index is 5.93. The van der Waals surface area contributed by atoms with E-state index in [1.54, 1.807) is 0 Å². The van der Waals surface area contributed by atoms with Gasteiger partial charge < -0.3 is 5.32 Å². The Bertz CT molecular complexity index is 344. The minimum Gasteiger partial charge on any atom is -0.313 e. The van der Waals surface area contributed by atoms with Gasteiger partial charge in [0, 0.05) is 15.5 Å². The quantitative estimate of drug-likeness (QED) is 0.851. The van der Waals surface area contributed by atoms with Crippen molar-refractivity contribution in [2.75, 3.05) is 7.05 Å². The first-order valence-electron chi connectivity index (χ1n) is 4.98. The van der Waals surface area contributed by atoms with Gasteiger partial charge in [-0.15, -0.1) is 0 Å². The van der Waals surface area contributed by atoms with Crippen LogP contribution < -0.4 is 5.32 Å². The van der Waals surface area contributed by atoms with E-state index in [0.29, 0.717) is 6.04 Å². The van der Waals surface area contributed by atoms with Crippen LogP contribution in [0.5, 0.6) is 0 Å². The fraction of sp³-hybridized carbons (Fsp3) is 0.500. The highest BCUT2D eigenvalue weighted by molar-refractivity contribution is 9.10. The normalized spacial score (nSPS) is 14.0. The van der Waals surface area contributed by atoms with Gasteiger partial charge in [-0.3, -0.25) is 0 Å². The van der Waals surface area contributed by atoms with Gasteiger partial charge in [0.05, 0.1) is 0 Å². The van der Waals surface area contributed by atoms with Crippen molar-refractivity contribution in [3.8, 4) is 0 Å². The van der Waals surface area contributed by atoms with E-state index in [9.17, 15) is 0 Å². The van der Waals surface area contributed by atoms with Gasteiger partial charge in [-0.05, 0) is 30.2 Å². The molecule has 1 aromatic carbocycles. The summed E-state index contributed by atoms with van der Waals surface area (Å²) in [5.41, 5.74) is 1.42. The standard InChI is InChI=1S/C12H17BrClN/c1-12(2,3)11(15-4)9-6-5-8(14)7-10(9)13/h5-7,11,15H,1-4H3. The Balaban J connectivity index is 3.13. The highest BCUT2D eigenvalue weighted by Crippen LogP contribution is 2.36. The van der Waals surface area contributed by atoms with Crippen LogP contribution in [0.1, 0.15) is 32.4 Å². The predicted octanol–water partition coefficient (Wildman–Crippen LogP) is 4.41. The van der Waals surface area contributed by atoms with Crippen LogP contribution in [0.4, 0.5) is 0 Å². The summed E-state index contributed by atoms with van der Waals surface area (Å²) in [4.78, 5) is 0. The second kappa shape index (κ2) is 4.86. The average molecular weight is 291 g/mol. The molecule has 1 unspecified atom stereocenters. The lowest BCUT2D eigenvalue weighted by atomic mass is 9.82. The molecule has 0 saturated heterocycles. The summed E-state index contributed by atoms with van der Waals surface area (Å²) in [6, 6.07) is 6.24. The molecular weight excluding hydrogens is 273 g/mol. The number of hydrogen-bond donors (Lipinski definition) is 1. The zero-order valence-corrected chi connectivity index (χ0v) is 11.9. The minimum atomic E-state index is 0.172. The van der Waals surface area contributed by atoms with Gasteiger partial charge in [-0.25, -0.2) is 0 Å². The van der Waals surface area contributed by atoms with Crippen LogP contribution in [0.25, 0.3) is 0 Å². The smallest absolute Gasteiger partial charge is 0.0417 e. The molecule has 15 heavy (non-hydrogen) atoms. The molecule has 1 nitrogen and oxygen atoms in total. The van der Waals surface area contributed by atoms with E-state index < -0.39 is 0 Å². The molecule has 0 aliphatic heterocycles. The third kappa shape index (κ3) is 3.20. The fourth-order valence-corrected chi connectivity index (χ4v) is 2.70. The van der Waals surface area contributed by atoms with Crippen LogP contribution in [0.15, 0.2) is 22.7 Å². The van der Waals surface area contributed by atoms with Crippen molar-refractivity contribution < 1.29 is 0 Å². The summed E-state index contributed by atoms with van der Waals surface area (Å²) in [6.45, 7) is 6.65. The van der Waals surface area contributed by atoms with Crippen LogP contribution in [-0.4, -0.2) is 7.05 Å². The molecule has 1 N–H and O–H groups in total. The van der Waals surface area contributed by atoms with Gasteiger partial charge in [0.15, 0.2) is 0 Å². The molecule has 0 spiro atoms. The van der Waals surface area contributed by atoms with Crippen molar-refractivity contribution in [3.05, 3.63) is 33.3 Å². The molecule has 0 fully saturated rings. The summed E-state index contributed by atoms with van der Waals surface area (Å²) in [6.07, 6.45) is 0. The molecule has 0 amide bonds. The Morgan fingerprint density at radius 1 is 1.33 bits per heavy atom. The van der Waals surface area contributed by atoms with E-state index in [1.165, 1.54) is 5.56 Å². The molecule has 0 aliphatic rings. The molecule has 1 aromatic rings. The fourth-order valence-electron chi connectivity index (χ4n) is 1.79. The SMILES string of the molecule is CNC(c1ccc(Cl)cc1Br)C(C)(C)C. The third-order valence-electron chi connectivity index (χ3n) is 2.43. The molecule has 0 saturated carbocycles. The lowest BCUT2D eigenvalue weighted by Crippen LogP contribution is -2.29. The largest absolute Gasteiger partial charge is 0.313 e. The van der Waals surface area contributed by atoms with Gasteiger partial charge in [0.25, 0.3) is 0 Å². The second-order valence-corrected chi connectivity index (χ2v) is 6.04. The topological polar surface area (TPSA) is 12.0 Å². The van der Waals surface area contributed by atoms with Crippen LogP contribution >= 0.6 is 27.5 Å². The van der Waals surface area contributed by atoms with Crippen molar-refractivity contribution in [2.24, 2.45) is 5.41 Å². The maximum absolute atomic E-state index is 5.93. The molecule has 1 atom stereocenters. The zero-order chi connectivity index (χ0) is 11.6. The van der Waals surface area contributed by atoms with Crippen molar-refractivity contribution in [1.29, 1.82) is 0 Å². The molecule has 0 heterocycles. The zero-order valence-electron chi connectivity index (χ0n) is 9.57. The van der Waals surface area contributed by atoms with Gasteiger partial charge in [-0.1, -0.05) is 54.4 Å². The van der Waals surface area contributed by atoms with Gasteiger partial charge >= 0.3 is 0 Å². The van der Waals surface area contributed by atoms with Crippen molar-refractivity contribution in [2.45, 2.75) is 26.8 Å². The lowest BCUT2D eigenvalue weighted by molar-refractivity contribution is 0.286. The Hall–Kier alpha value is -0.0500. The van der Waals surface area contributed by atoms with Crippen LogP contribution in [0.3, 0.4) is 0 Å². The number of benzene rings is 1. The highest BCUT2D eigenvalue weighted by Gasteiger charge is 2.26. The Kier molecular flexibility index (Phi) is 4.21. The molecule has 0 aliphatic carbocycles. The first-order chi connectivity index (χ1) is 6.86. The van der Waals surface area contributed by atoms with Crippen LogP contribution in [0, 0.1) is 5.41 Å². The highest BCUT2D eigenvalue weighted by atomic mass is 79.9. The van der Waals surface area contributed by atoms with Gasteiger partial charge in [0.2, 0.25) is 0 Å². The van der Waals surface area contributed by atoms with Crippen LogP contribution in [0.2, 0.25) is 5.02 Å². The Morgan fingerprint density at radius 3 is 2.33 bits per heavy atom. The van der Waals surface area contributed by atoms with E-state index in [4.69, 9.17) is 11.6 Å². The number of nitrogens with one attached hydrogen (secondary N) is 1. The molecule has 0 aromatic heterocycles. The number of hydrogen-bond acceptors (Lipinski definition) is 1. The Morgan fingerprint density at radius 2 is 1.93 bits per heavy atom. The van der Waals surface area contributed by atoms with E-state index in [2.05, 4.69) is 48.1 Å². The number of rotatable bonds is 2. The summed E-state index contributed by atoms with van der Waals surface area (Å²) in [7, 11) is 1.98. The molecule has 0 bridgehead atoms. The first-order valence-corrected chi connectivity index (χ1v) is 6.15. The van der Waals surface area contributed by atoms with Crippen LogP contribution in [-0.2, 0) is 0 Å². The van der Waals surface area contributed by atoms with Crippen molar-refractivity contribution in [3.63, 3.8) is 0 Å². The van der Waals surface area contributed by atoms with E-state index >= 15 is 0 Å². The lowest BCUT2D eigenvalue weighted by Gasteiger charge is -2.31. The van der Waals surface area contributed by atoms with E-state index in [-0.39, 0.29) is 5.41 Å². The van der Waals surface area contributed by atoms with Gasteiger partial charge in [0.1, 0.15) is 0 Å². The first kappa shape index (κ1) is 13.0. The van der Waals surface area contributed by atoms with Gasteiger partial charge in [-0.2, -0.15) is 0 Å². The van der Waals surface area contributed by atoms with Crippen molar-refractivity contribution in [1.82, 2.24) is 5.32 Å². The third-order valence-corrected chi connectivity index (χ3v) is 3.35. The van der Waals surface area contributed by atoms with Crippen molar-refractivity contribution >= 4 is 27.5 Å². The molecular formula is C12H17BrClN. The summed E-state index contributed by atoms with van der Waals surface area (Å²) in [5, 5.41) is 4.10. The second-order valence-electron chi connectivity index (χ2n) is 4.75. The minimum absolute atomic E-state index is 0.172. The summed E-state index contributed by atoms with van der Waals surface area (Å²) < 4.78 is 1.06.